The van der Waals surface area contributed by atoms with E-state index in [4.69, 9.17) is 0 Å². The summed E-state index contributed by atoms with van der Waals surface area (Å²) in [5, 5.41) is 14.6. The van der Waals surface area contributed by atoms with E-state index in [2.05, 4.69) is 66.6 Å². The topological polar surface area (TPSA) is 63.8 Å². The highest BCUT2D eigenvalue weighted by atomic mass is 15.2. The molecule has 6 heteroatoms. The molecule has 2 N–H and O–H groups in total. The van der Waals surface area contributed by atoms with Crippen molar-refractivity contribution in [2.75, 3.05) is 13.1 Å². The third-order valence-electron chi connectivity index (χ3n) is 6.25. The highest BCUT2D eigenvalue weighted by Crippen LogP contribution is 2.33. The van der Waals surface area contributed by atoms with E-state index in [0.29, 0.717) is 12.1 Å². The lowest BCUT2D eigenvalue weighted by molar-refractivity contribution is 0.240. The summed E-state index contributed by atoms with van der Waals surface area (Å²) in [4.78, 5) is 5.16. The van der Waals surface area contributed by atoms with E-state index in [1.54, 1.807) is 0 Å². The Bertz CT molecular complexity index is 803. The van der Waals surface area contributed by atoms with Crippen LogP contribution in [-0.4, -0.2) is 43.3 Å². The number of nitrogens with one attached hydrogen (secondary N) is 2. The summed E-state index contributed by atoms with van der Waals surface area (Å²) in [5.74, 6) is 0. The summed E-state index contributed by atoms with van der Waals surface area (Å²) < 4.78 is 0. The van der Waals surface area contributed by atoms with Crippen LogP contribution in [-0.2, 0) is 13.1 Å². The summed E-state index contributed by atoms with van der Waals surface area (Å²) in [6.07, 6.45) is 8.65. The minimum atomic E-state index is 0.467. The highest BCUT2D eigenvalue weighted by molar-refractivity contribution is 5.24. The molecule has 2 fully saturated rings. The Labute approximate surface area is 165 Å². The number of H-pyrrole nitrogens is 2. The first-order chi connectivity index (χ1) is 13.9. The molecule has 5 rings (SSSR count). The van der Waals surface area contributed by atoms with E-state index in [-0.39, 0.29) is 0 Å². The first-order valence-electron chi connectivity index (χ1n) is 10.4. The fourth-order valence-electron chi connectivity index (χ4n) is 4.94. The predicted octanol–water partition coefficient (Wildman–Crippen LogP) is 3.81. The third kappa shape index (κ3) is 3.62. The van der Waals surface area contributed by atoms with Crippen LogP contribution in [0.3, 0.4) is 0 Å². The lowest BCUT2D eigenvalue weighted by Crippen LogP contribution is -2.24. The number of nitrogens with zero attached hydrogens (tertiary/aromatic N) is 4. The fourth-order valence-corrected chi connectivity index (χ4v) is 4.94. The maximum atomic E-state index is 4.14. The van der Waals surface area contributed by atoms with Crippen molar-refractivity contribution in [3.05, 3.63) is 71.3 Å². The minimum absolute atomic E-state index is 0.467. The Balaban J connectivity index is 1.27. The van der Waals surface area contributed by atoms with Crippen molar-refractivity contribution in [2.24, 2.45) is 0 Å². The van der Waals surface area contributed by atoms with Gasteiger partial charge in [0.15, 0.2) is 0 Å². The average molecular weight is 377 g/mol. The molecule has 2 aliphatic rings. The highest BCUT2D eigenvalue weighted by Gasteiger charge is 2.28. The largest absolute Gasteiger partial charge is 0.291 e. The third-order valence-corrected chi connectivity index (χ3v) is 6.25. The normalized spacial score (nSPS) is 23.6. The van der Waals surface area contributed by atoms with Gasteiger partial charge in [-0.25, -0.2) is 0 Å². The summed E-state index contributed by atoms with van der Waals surface area (Å²) in [7, 11) is 0. The van der Waals surface area contributed by atoms with Crippen molar-refractivity contribution in [1.29, 1.82) is 0 Å². The molecule has 3 aromatic rings. The average Bonchev–Trinajstić information content (AvgIpc) is 3.49. The lowest BCUT2D eigenvalue weighted by atomic mass is 10.1. The van der Waals surface area contributed by atoms with Crippen LogP contribution in [0.25, 0.3) is 0 Å². The van der Waals surface area contributed by atoms with Crippen molar-refractivity contribution in [2.45, 2.75) is 50.9 Å². The second-order valence-corrected chi connectivity index (χ2v) is 8.10. The zero-order valence-corrected chi connectivity index (χ0v) is 16.2. The van der Waals surface area contributed by atoms with Gasteiger partial charge >= 0.3 is 0 Å². The van der Waals surface area contributed by atoms with E-state index >= 15 is 0 Å². The number of rotatable bonds is 6. The van der Waals surface area contributed by atoms with Crippen LogP contribution in [0, 0.1) is 0 Å². The van der Waals surface area contributed by atoms with Gasteiger partial charge in [-0.15, -0.1) is 0 Å². The van der Waals surface area contributed by atoms with Crippen LogP contribution in [0.2, 0.25) is 0 Å². The zero-order valence-electron chi connectivity index (χ0n) is 16.2. The van der Waals surface area contributed by atoms with Crippen molar-refractivity contribution in [3.63, 3.8) is 0 Å². The molecule has 2 atom stereocenters. The Hall–Kier alpha value is -2.44. The Morgan fingerprint density at radius 2 is 1.32 bits per heavy atom. The van der Waals surface area contributed by atoms with Gasteiger partial charge in [0.2, 0.25) is 0 Å². The Morgan fingerprint density at radius 3 is 1.79 bits per heavy atom. The van der Waals surface area contributed by atoms with Crippen molar-refractivity contribution >= 4 is 0 Å². The SMILES string of the molecule is c1cc(CN2CCC[C@@H]2c2ccn[nH]2)cc(CN2CCC[C@@H]2c2ccn[nH]2)c1. The summed E-state index contributed by atoms with van der Waals surface area (Å²) in [6, 6.07) is 14.3. The summed E-state index contributed by atoms with van der Waals surface area (Å²) in [5.41, 5.74) is 5.30. The molecule has 0 unspecified atom stereocenters. The number of aromatic amines is 2. The number of hydrogen-bond acceptors (Lipinski definition) is 4. The second-order valence-electron chi connectivity index (χ2n) is 8.10. The number of hydrogen-bond donors (Lipinski definition) is 2. The maximum absolute atomic E-state index is 4.14. The molecule has 0 saturated carbocycles. The second kappa shape index (κ2) is 7.89. The molecular weight excluding hydrogens is 348 g/mol. The lowest BCUT2D eigenvalue weighted by Gasteiger charge is -2.25. The van der Waals surface area contributed by atoms with Crippen molar-refractivity contribution in [3.8, 4) is 0 Å². The van der Waals surface area contributed by atoms with Gasteiger partial charge in [-0.2, -0.15) is 10.2 Å². The van der Waals surface area contributed by atoms with Crippen molar-refractivity contribution in [1.82, 2.24) is 30.2 Å². The maximum Gasteiger partial charge on any atom is 0.0523 e. The molecule has 0 aliphatic carbocycles. The van der Waals surface area contributed by atoms with Gasteiger partial charge in [0.1, 0.15) is 0 Å². The van der Waals surface area contributed by atoms with Crippen LogP contribution in [0.5, 0.6) is 0 Å². The van der Waals surface area contributed by atoms with Gasteiger partial charge in [0.05, 0.1) is 23.5 Å². The molecule has 2 aliphatic heterocycles. The zero-order chi connectivity index (χ0) is 18.8. The van der Waals surface area contributed by atoms with E-state index in [1.165, 1.54) is 48.2 Å². The molecule has 146 valence electrons. The minimum Gasteiger partial charge on any atom is -0.291 e. The molecule has 0 bridgehead atoms. The van der Waals surface area contributed by atoms with Gasteiger partial charge in [0, 0.05) is 25.5 Å². The standard InChI is InChI=1S/C22H28N6/c1-4-17(15-27-12-2-6-21(27)19-8-10-23-25-19)14-18(5-1)16-28-13-3-7-22(28)20-9-11-24-26-20/h1,4-5,8-11,14,21-22H,2-3,6-7,12-13,15-16H2,(H,23,25)(H,24,26)/t21-,22-/m1/s1. The van der Waals surface area contributed by atoms with Gasteiger partial charge in [0.25, 0.3) is 0 Å². The molecule has 1 aromatic carbocycles. The quantitative estimate of drug-likeness (QED) is 0.687. The molecule has 0 radical (unpaired) electrons. The van der Waals surface area contributed by atoms with Crippen LogP contribution >= 0.6 is 0 Å². The van der Waals surface area contributed by atoms with Gasteiger partial charge in [-0.1, -0.05) is 24.3 Å². The molecule has 2 aromatic heterocycles. The van der Waals surface area contributed by atoms with Gasteiger partial charge in [-0.3, -0.25) is 20.0 Å². The first kappa shape index (κ1) is 17.6. The van der Waals surface area contributed by atoms with Crippen LogP contribution in [0.15, 0.2) is 48.8 Å². The van der Waals surface area contributed by atoms with E-state index in [9.17, 15) is 0 Å². The first-order valence-corrected chi connectivity index (χ1v) is 10.4. The van der Waals surface area contributed by atoms with Crippen LogP contribution < -0.4 is 0 Å². The van der Waals surface area contributed by atoms with Gasteiger partial charge in [-0.05, 0) is 62.0 Å². The van der Waals surface area contributed by atoms with Crippen molar-refractivity contribution < 1.29 is 0 Å². The molecule has 28 heavy (non-hydrogen) atoms. The predicted molar refractivity (Wildman–Crippen MR) is 108 cm³/mol. The summed E-state index contributed by atoms with van der Waals surface area (Å²) >= 11 is 0. The van der Waals surface area contributed by atoms with E-state index < -0.39 is 0 Å². The van der Waals surface area contributed by atoms with Crippen LogP contribution in [0.1, 0.15) is 60.3 Å². The summed E-state index contributed by atoms with van der Waals surface area (Å²) in [6.45, 7) is 4.31. The number of benzene rings is 1. The molecule has 4 heterocycles. The van der Waals surface area contributed by atoms with Gasteiger partial charge < -0.3 is 0 Å². The smallest absolute Gasteiger partial charge is 0.0523 e. The van der Waals surface area contributed by atoms with Crippen LogP contribution in [0.4, 0.5) is 0 Å². The number of likely N-dealkylation sites (tertiary alicyclic amines) is 2. The molecule has 2 saturated heterocycles. The monoisotopic (exact) mass is 376 g/mol. The van der Waals surface area contributed by atoms with E-state index in [0.717, 1.165) is 26.2 Å². The van der Waals surface area contributed by atoms with E-state index in [1.807, 2.05) is 12.4 Å². The Morgan fingerprint density at radius 1 is 0.786 bits per heavy atom. The molecular formula is C22H28N6. The number of aromatic nitrogens is 4. The fraction of sp³-hybridized carbons (Fsp3) is 0.455. The Kier molecular flexibility index (Phi) is 4.97. The molecule has 6 nitrogen and oxygen atoms in total. The molecule has 0 amide bonds. The molecule has 0 spiro atoms.